The molecule has 1 atom stereocenters. The smallest absolute Gasteiger partial charge is 0.326 e. The first kappa shape index (κ1) is 16.4. The van der Waals surface area contributed by atoms with Crippen LogP contribution in [0.4, 0.5) is 10.5 Å². The van der Waals surface area contributed by atoms with Crippen molar-refractivity contribution in [1.82, 2.24) is 5.32 Å². The van der Waals surface area contributed by atoms with Crippen LogP contribution in [0.15, 0.2) is 24.3 Å². The standard InChI is InChI=1S/C13H16N2O6/c1-21-7-8-4-2-3-5-9(8)14-13(20)15-10(12(18)19)6-11(16)17/h2-5,10H,6-7H2,1H3,(H,16,17)(H,18,19)(H2,14,15,20). The number of hydrogen-bond acceptors (Lipinski definition) is 4. The Bertz CT molecular complexity index is 531. The fourth-order valence-electron chi connectivity index (χ4n) is 1.61. The first-order valence-corrected chi connectivity index (χ1v) is 6.03. The highest BCUT2D eigenvalue weighted by molar-refractivity contribution is 5.93. The van der Waals surface area contributed by atoms with Gasteiger partial charge in [-0.1, -0.05) is 18.2 Å². The molecule has 21 heavy (non-hydrogen) atoms. The van der Waals surface area contributed by atoms with E-state index >= 15 is 0 Å². The van der Waals surface area contributed by atoms with Crippen LogP contribution in [0, 0.1) is 0 Å². The quantitative estimate of drug-likeness (QED) is 0.592. The molecule has 114 valence electrons. The second-order valence-electron chi connectivity index (χ2n) is 4.18. The molecule has 0 heterocycles. The Balaban J connectivity index is 2.72. The summed E-state index contributed by atoms with van der Waals surface area (Å²) in [7, 11) is 1.50. The molecule has 8 heteroatoms. The van der Waals surface area contributed by atoms with Crippen LogP contribution in [0.25, 0.3) is 0 Å². The Morgan fingerprint density at radius 3 is 2.48 bits per heavy atom. The molecule has 0 radical (unpaired) electrons. The van der Waals surface area contributed by atoms with Gasteiger partial charge in [-0.25, -0.2) is 9.59 Å². The number of carbonyl (C=O) groups is 3. The van der Waals surface area contributed by atoms with Crippen molar-refractivity contribution in [3.8, 4) is 0 Å². The van der Waals surface area contributed by atoms with Crippen molar-refractivity contribution in [3.05, 3.63) is 29.8 Å². The number of urea groups is 1. The van der Waals surface area contributed by atoms with Crippen LogP contribution in [0.3, 0.4) is 0 Å². The predicted molar refractivity (Wildman–Crippen MR) is 73.0 cm³/mol. The van der Waals surface area contributed by atoms with E-state index in [-0.39, 0.29) is 6.61 Å². The Morgan fingerprint density at radius 2 is 1.90 bits per heavy atom. The van der Waals surface area contributed by atoms with E-state index in [1.807, 2.05) is 0 Å². The number of carboxylic acids is 2. The summed E-state index contributed by atoms with van der Waals surface area (Å²) in [5.41, 5.74) is 1.16. The minimum Gasteiger partial charge on any atom is -0.481 e. The molecule has 1 aromatic rings. The van der Waals surface area contributed by atoms with Gasteiger partial charge in [0.25, 0.3) is 0 Å². The Kier molecular flexibility index (Phi) is 6.15. The topological polar surface area (TPSA) is 125 Å². The van der Waals surface area contributed by atoms with E-state index in [1.54, 1.807) is 24.3 Å². The SMILES string of the molecule is COCc1ccccc1NC(=O)NC(CC(=O)O)C(=O)O. The van der Waals surface area contributed by atoms with E-state index in [2.05, 4.69) is 10.6 Å². The van der Waals surface area contributed by atoms with Crippen molar-refractivity contribution in [2.24, 2.45) is 0 Å². The second kappa shape index (κ2) is 7.85. The maximum Gasteiger partial charge on any atom is 0.326 e. The highest BCUT2D eigenvalue weighted by Crippen LogP contribution is 2.15. The van der Waals surface area contributed by atoms with E-state index in [9.17, 15) is 14.4 Å². The molecule has 0 saturated heterocycles. The van der Waals surface area contributed by atoms with Gasteiger partial charge in [0, 0.05) is 18.4 Å². The van der Waals surface area contributed by atoms with E-state index in [0.29, 0.717) is 11.3 Å². The number of hydrogen-bond donors (Lipinski definition) is 4. The van der Waals surface area contributed by atoms with E-state index in [4.69, 9.17) is 14.9 Å². The lowest BCUT2D eigenvalue weighted by molar-refractivity contribution is -0.145. The van der Waals surface area contributed by atoms with Crippen LogP contribution in [-0.2, 0) is 20.9 Å². The summed E-state index contributed by atoms with van der Waals surface area (Å²) in [5.74, 6) is -2.74. The number of carboxylic acid groups (broad SMARTS) is 2. The summed E-state index contributed by atoms with van der Waals surface area (Å²) in [5, 5.41) is 22.0. The minimum atomic E-state index is -1.50. The zero-order valence-electron chi connectivity index (χ0n) is 11.3. The van der Waals surface area contributed by atoms with Gasteiger partial charge < -0.3 is 25.6 Å². The van der Waals surface area contributed by atoms with E-state index < -0.39 is 30.4 Å². The average Bonchev–Trinajstić information content (AvgIpc) is 2.40. The molecule has 8 nitrogen and oxygen atoms in total. The molecule has 1 aromatic carbocycles. The third-order valence-electron chi connectivity index (χ3n) is 2.55. The van der Waals surface area contributed by atoms with Gasteiger partial charge in [0.1, 0.15) is 6.04 Å². The van der Waals surface area contributed by atoms with Gasteiger partial charge in [-0.2, -0.15) is 0 Å². The number of amides is 2. The lowest BCUT2D eigenvalue weighted by Gasteiger charge is -2.15. The van der Waals surface area contributed by atoms with Crippen molar-refractivity contribution in [3.63, 3.8) is 0 Å². The predicted octanol–water partition coefficient (Wildman–Crippen LogP) is 0.882. The van der Waals surface area contributed by atoms with Crippen molar-refractivity contribution in [2.45, 2.75) is 19.1 Å². The van der Waals surface area contributed by atoms with Gasteiger partial charge >= 0.3 is 18.0 Å². The van der Waals surface area contributed by atoms with Gasteiger partial charge in [-0.3, -0.25) is 4.79 Å². The zero-order chi connectivity index (χ0) is 15.8. The highest BCUT2D eigenvalue weighted by Gasteiger charge is 2.23. The van der Waals surface area contributed by atoms with Gasteiger partial charge in [-0.05, 0) is 6.07 Å². The first-order chi connectivity index (χ1) is 9.93. The molecular weight excluding hydrogens is 280 g/mol. The maximum absolute atomic E-state index is 11.7. The van der Waals surface area contributed by atoms with Crippen LogP contribution < -0.4 is 10.6 Å². The normalized spacial score (nSPS) is 11.5. The summed E-state index contributed by atoms with van der Waals surface area (Å²) in [4.78, 5) is 33.2. The summed E-state index contributed by atoms with van der Waals surface area (Å²) >= 11 is 0. The minimum absolute atomic E-state index is 0.272. The summed E-state index contributed by atoms with van der Waals surface area (Å²) in [6.45, 7) is 0.272. The van der Waals surface area contributed by atoms with E-state index in [0.717, 1.165) is 0 Å². The largest absolute Gasteiger partial charge is 0.481 e. The lowest BCUT2D eigenvalue weighted by Crippen LogP contribution is -2.44. The molecule has 1 unspecified atom stereocenters. The molecule has 1 rings (SSSR count). The molecule has 0 spiro atoms. The third-order valence-corrected chi connectivity index (χ3v) is 2.55. The van der Waals surface area contributed by atoms with E-state index in [1.165, 1.54) is 7.11 Å². The number of methoxy groups -OCH3 is 1. The number of para-hydroxylation sites is 1. The molecule has 0 aliphatic carbocycles. The van der Waals surface area contributed by atoms with Crippen LogP contribution in [-0.4, -0.2) is 41.3 Å². The molecule has 0 aliphatic rings. The second-order valence-corrected chi connectivity index (χ2v) is 4.18. The molecule has 0 fully saturated rings. The van der Waals surface area contributed by atoms with Crippen molar-refractivity contribution in [2.75, 3.05) is 12.4 Å². The van der Waals surface area contributed by atoms with Gasteiger partial charge in [0.15, 0.2) is 0 Å². The summed E-state index contributed by atoms with van der Waals surface area (Å²) < 4.78 is 4.98. The summed E-state index contributed by atoms with van der Waals surface area (Å²) in [6.07, 6.45) is -0.706. The van der Waals surface area contributed by atoms with Crippen molar-refractivity contribution >= 4 is 23.7 Å². The highest BCUT2D eigenvalue weighted by atomic mass is 16.5. The monoisotopic (exact) mass is 296 g/mol. The Labute approximate surface area is 120 Å². The zero-order valence-corrected chi connectivity index (χ0v) is 11.3. The molecule has 0 bridgehead atoms. The fourth-order valence-corrected chi connectivity index (χ4v) is 1.61. The average molecular weight is 296 g/mol. The van der Waals surface area contributed by atoms with Gasteiger partial charge in [0.05, 0.1) is 13.0 Å². The molecule has 4 N–H and O–H groups in total. The number of carbonyl (C=O) groups excluding carboxylic acids is 1. The Hall–Kier alpha value is -2.61. The van der Waals surface area contributed by atoms with Crippen molar-refractivity contribution in [1.29, 1.82) is 0 Å². The number of nitrogens with one attached hydrogen (secondary N) is 2. The van der Waals surface area contributed by atoms with Crippen molar-refractivity contribution < 1.29 is 29.3 Å². The molecule has 0 aromatic heterocycles. The number of anilines is 1. The molecule has 0 saturated carbocycles. The number of benzene rings is 1. The first-order valence-electron chi connectivity index (χ1n) is 6.03. The lowest BCUT2D eigenvalue weighted by atomic mass is 10.2. The van der Waals surface area contributed by atoms with Crippen LogP contribution in [0.2, 0.25) is 0 Å². The van der Waals surface area contributed by atoms with Gasteiger partial charge in [0.2, 0.25) is 0 Å². The molecule has 2 amide bonds. The van der Waals surface area contributed by atoms with Crippen LogP contribution in [0.5, 0.6) is 0 Å². The number of rotatable bonds is 7. The fraction of sp³-hybridized carbons (Fsp3) is 0.308. The third kappa shape index (κ3) is 5.49. The molecular formula is C13H16N2O6. The van der Waals surface area contributed by atoms with Gasteiger partial charge in [-0.15, -0.1) is 0 Å². The number of ether oxygens (including phenoxy) is 1. The van der Waals surface area contributed by atoms with Crippen LogP contribution >= 0.6 is 0 Å². The summed E-state index contributed by atoms with van der Waals surface area (Å²) in [6, 6.07) is 4.53. The maximum atomic E-state index is 11.7. The van der Waals surface area contributed by atoms with Crippen LogP contribution in [0.1, 0.15) is 12.0 Å². The number of aliphatic carboxylic acids is 2. The molecule has 0 aliphatic heterocycles. The Morgan fingerprint density at radius 1 is 1.24 bits per heavy atom.